The van der Waals surface area contributed by atoms with Crippen molar-refractivity contribution in [1.82, 2.24) is 5.32 Å². The molecule has 0 aliphatic rings. The summed E-state index contributed by atoms with van der Waals surface area (Å²) in [6, 6.07) is 0. The molecule has 0 heterocycles. The van der Waals surface area contributed by atoms with Crippen LogP contribution in [0, 0.1) is 11.8 Å². The van der Waals surface area contributed by atoms with Crippen molar-refractivity contribution in [3.63, 3.8) is 0 Å². The second-order valence-electron chi connectivity index (χ2n) is 5.36. The minimum atomic E-state index is -0.136. The second-order valence-corrected chi connectivity index (χ2v) is 5.36. The summed E-state index contributed by atoms with van der Waals surface area (Å²) in [7, 11) is 0. The highest BCUT2D eigenvalue weighted by molar-refractivity contribution is 5.69. The van der Waals surface area contributed by atoms with Crippen LogP contribution in [0.4, 0.5) is 0 Å². The summed E-state index contributed by atoms with van der Waals surface area (Å²) in [5.41, 5.74) is 0. The normalized spacial score (nSPS) is 11.2. The van der Waals surface area contributed by atoms with Crippen molar-refractivity contribution < 1.29 is 14.3 Å². The van der Waals surface area contributed by atoms with E-state index in [4.69, 9.17) is 9.47 Å². The number of carbonyl (C=O) groups is 1. The quantitative estimate of drug-likeness (QED) is 0.456. The summed E-state index contributed by atoms with van der Waals surface area (Å²) in [4.78, 5) is 11.2. The highest BCUT2D eigenvalue weighted by Crippen LogP contribution is 2.00. The summed E-state index contributed by atoms with van der Waals surface area (Å²) < 4.78 is 10.4. The van der Waals surface area contributed by atoms with E-state index < -0.39 is 0 Å². The molecule has 108 valence electrons. The third kappa shape index (κ3) is 13.5. The molecule has 0 radical (unpaired) electrons. The molecule has 0 aliphatic carbocycles. The maximum absolute atomic E-state index is 11.2. The number of ether oxygens (including phenoxy) is 2. The van der Waals surface area contributed by atoms with Crippen molar-refractivity contribution in [3.05, 3.63) is 0 Å². The van der Waals surface area contributed by atoms with E-state index in [2.05, 4.69) is 19.2 Å². The third-order valence-corrected chi connectivity index (χ3v) is 2.39. The molecule has 0 aromatic carbocycles. The van der Waals surface area contributed by atoms with Gasteiger partial charge in [0.15, 0.2) is 0 Å². The topological polar surface area (TPSA) is 47.6 Å². The molecule has 0 bridgehead atoms. The van der Waals surface area contributed by atoms with Crippen LogP contribution in [0.2, 0.25) is 0 Å². The largest absolute Gasteiger partial charge is 0.463 e. The first-order valence-electron chi connectivity index (χ1n) is 6.96. The first kappa shape index (κ1) is 17.4. The molecular weight excluding hydrogens is 230 g/mol. The van der Waals surface area contributed by atoms with Gasteiger partial charge in [0.2, 0.25) is 0 Å². The molecule has 0 amide bonds. The van der Waals surface area contributed by atoms with Crippen LogP contribution in [-0.4, -0.2) is 38.9 Å². The van der Waals surface area contributed by atoms with E-state index in [-0.39, 0.29) is 5.97 Å². The van der Waals surface area contributed by atoms with Crippen LogP contribution < -0.4 is 5.32 Å². The third-order valence-electron chi connectivity index (χ3n) is 2.39. The zero-order chi connectivity index (χ0) is 13.8. The van der Waals surface area contributed by atoms with Gasteiger partial charge < -0.3 is 14.8 Å². The zero-order valence-corrected chi connectivity index (χ0v) is 12.3. The molecule has 0 saturated carbocycles. The Bertz CT molecular complexity index is 205. The Hall–Kier alpha value is -0.610. The maximum atomic E-state index is 11.2. The number of rotatable bonds is 11. The van der Waals surface area contributed by atoms with E-state index in [9.17, 15) is 4.79 Å². The molecule has 18 heavy (non-hydrogen) atoms. The van der Waals surface area contributed by atoms with Crippen molar-refractivity contribution in [3.8, 4) is 0 Å². The Labute approximate surface area is 111 Å². The van der Waals surface area contributed by atoms with E-state index in [0.717, 1.165) is 19.0 Å². The van der Waals surface area contributed by atoms with Crippen LogP contribution in [0.5, 0.6) is 0 Å². The van der Waals surface area contributed by atoms with E-state index >= 15 is 0 Å². The van der Waals surface area contributed by atoms with Crippen LogP contribution in [-0.2, 0) is 14.3 Å². The Kier molecular flexibility index (Phi) is 11.1. The van der Waals surface area contributed by atoms with E-state index in [1.54, 1.807) is 0 Å². The Balaban J connectivity index is 3.14. The van der Waals surface area contributed by atoms with Crippen molar-refractivity contribution in [2.45, 2.75) is 40.5 Å². The van der Waals surface area contributed by atoms with E-state index in [1.165, 1.54) is 6.42 Å². The summed E-state index contributed by atoms with van der Waals surface area (Å²) >= 11 is 0. The van der Waals surface area contributed by atoms with Gasteiger partial charge in [0, 0.05) is 13.0 Å². The molecule has 0 fully saturated rings. The highest BCUT2D eigenvalue weighted by atomic mass is 16.6. The fourth-order valence-corrected chi connectivity index (χ4v) is 1.37. The fraction of sp³-hybridized carbons (Fsp3) is 0.929. The average molecular weight is 259 g/mol. The second kappa shape index (κ2) is 11.5. The van der Waals surface area contributed by atoms with Gasteiger partial charge in [-0.05, 0) is 24.8 Å². The van der Waals surface area contributed by atoms with Gasteiger partial charge in [0.05, 0.1) is 13.2 Å². The minimum absolute atomic E-state index is 0.136. The molecule has 0 aromatic heterocycles. The molecule has 0 rings (SSSR count). The number of hydrogen-bond donors (Lipinski definition) is 1. The van der Waals surface area contributed by atoms with Crippen LogP contribution in [0.15, 0.2) is 0 Å². The number of nitrogens with one attached hydrogen (secondary N) is 1. The van der Waals surface area contributed by atoms with Gasteiger partial charge in [-0.3, -0.25) is 4.79 Å². The molecule has 0 spiro atoms. The van der Waals surface area contributed by atoms with Crippen molar-refractivity contribution >= 4 is 5.97 Å². The van der Waals surface area contributed by atoms with Gasteiger partial charge in [0.25, 0.3) is 0 Å². The van der Waals surface area contributed by atoms with Crippen LogP contribution in [0.1, 0.15) is 40.5 Å². The van der Waals surface area contributed by atoms with Crippen molar-refractivity contribution in [2.75, 3.05) is 32.9 Å². The predicted molar refractivity (Wildman–Crippen MR) is 73.6 cm³/mol. The van der Waals surface area contributed by atoms with Gasteiger partial charge >= 0.3 is 5.97 Å². The van der Waals surface area contributed by atoms with Crippen molar-refractivity contribution in [2.24, 2.45) is 11.8 Å². The molecule has 0 unspecified atom stereocenters. The summed E-state index contributed by atoms with van der Waals surface area (Å²) in [6.07, 6.45) is 1.67. The highest BCUT2D eigenvalue weighted by Gasteiger charge is 2.05. The van der Waals surface area contributed by atoms with Gasteiger partial charge in [-0.1, -0.05) is 27.7 Å². The first-order chi connectivity index (χ1) is 8.52. The number of esters is 1. The van der Waals surface area contributed by atoms with Gasteiger partial charge in [-0.25, -0.2) is 0 Å². The summed E-state index contributed by atoms with van der Waals surface area (Å²) in [5, 5.41) is 3.31. The minimum Gasteiger partial charge on any atom is -0.463 e. The van der Waals surface area contributed by atoms with Gasteiger partial charge in [-0.2, -0.15) is 0 Å². The van der Waals surface area contributed by atoms with Crippen LogP contribution in [0.25, 0.3) is 0 Å². The lowest BCUT2D eigenvalue weighted by Gasteiger charge is -2.09. The molecule has 0 aliphatic heterocycles. The van der Waals surface area contributed by atoms with Crippen LogP contribution in [0.3, 0.4) is 0 Å². The van der Waals surface area contributed by atoms with Gasteiger partial charge in [0.1, 0.15) is 6.61 Å². The summed E-state index contributed by atoms with van der Waals surface area (Å²) in [6.45, 7) is 11.8. The predicted octanol–water partition coefficient (Wildman–Crippen LogP) is 2.23. The molecule has 0 atom stereocenters. The lowest BCUT2D eigenvalue weighted by Crippen LogP contribution is -2.23. The summed E-state index contributed by atoms with van der Waals surface area (Å²) in [5.74, 6) is 0.950. The Morgan fingerprint density at radius 1 is 1.00 bits per heavy atom. The molecule has 0 saturated heterocycles. The molecule has 1 N–H and O–H groups in total. The molecule has 0 aromatic rings. The SMILES string of the molecule is CC(C)CCNCCOCCOC(=O)CC(C)C. The maximum Gasteiger partial charge on any atom is 0.306 e. The fourth-order valence-electron chi connectivity index (χ4n) is 1.37. The van der Waals surface area contributed by atoms with Crippen molar-refractivity contribution in [1.29, 1.82) is 0 Å². The average Bonchev–Trinajstić information content (AvgIpc) is 2.25. The Morgan fingerprint density at radius 3 is 2.33 bits per heavy atom. The molecular formula is C14H29NO3. The monoisotopic (exact) mass is 259 g/mol. The molecule has 4 heteroatoms. The lowest BCUT2D eigenvalue weighted by atomic mass is 10.1. The molecule has 4 nitrogen and oxygen atoms in total. The zero-order valence-electron chi connectivity index (χ0n) is 12.3. The number of hydrogen-bond acceptors (Lipinski definition) is 4. The smallest absolute Gasteiger partial charge is 0.306 e. The first-order valence-corrected chi connectivity index (χ1v) is 6.96. The van der Waals surface area contributed by atoms with Gasteiger partial charge in [-0.15, -0.1) is 0 Å². The Morgan fingerprint density at radius 2 is 1.72 bits per heavy atom. The van der Waals surface area contributed by atoms with E-state index in [0.29, 0.717) is 32.2 Å². The number of carbonyl (C=O) groups excluding carboxylic acids is 1. The van der Waals surface area contributed by atoms with Crippen LogP contribution >= 0.6 is 0 Å². The lowest BCUT2D eigenvalue weighted by molar-refractivity contribution is -0.146. The standard InChI is InChI=1S/C14H29NO3/c1-12(2)5-6-15-7-8-17-9-10-18-14(16)11-13(3)4/h12-13,15H,5-11H2,1-4H3. The van der Waals surface area contributed by atoms with E-state index in [1.807, 2.05) is 13.8 Å².